The van der Waals surface area contributed by atoms with Crippen LogP contribution in [0.3, 0.4) is 0 Å². The zero-order valence-electron chi connectivity index (χ0n) is 13.4. The van der Waals surface area contributed by atoms with Gasteiger partial charge in [0.15, 0.2) is 0 Å². The van der Waals surface area contributed by atoms with Crippen molar-refractivity contribution in [1.82, 2.24) is 15.5 Å². The smallest absolute Gasteiger partial charge is 0.315 e. The summed E-state index contributed by atoms with van der Waals surface area (Å²) in [6.45, 7) is 4.92. The molecule has 5 heteroatoms. The van der Waals surface area contributed by atoms with Crippen molar-refractivity contribution in [3.05, 3.63) is 29.8 Å². The molecule has 0 aliphatic carbocycles. The second-order valence-electron chi connectivity index (χ2n) is 5.71. The number of rotatable bonds is 8. The summed E-state index contributed by atoms with van der Waals surface area (Å²) < 4.78 is 5.10. The third-order valence-corrected chi connectivity index (χ3v) is 4.00. The molecule has 1 aromatic rings. The number of ether oxygens (including phenoxy) is 1. The van der Waals surface area contributed by atoms with Crippen molar-refractivity contribution in [2.75, 3.05) is 33.3 Å². The van der Waals surface area contributed by atoms with E-state index >= 15 is 0 Å². The predicted molar refractivity (Wildman–Crippen MR) is 88.1 cm³/mol. The maximum Gasteiger partial charge on any atom is 0.315 e. The van der Waals surface area contributed by atoms with Crippen molar-refractivity contribution in [1.29, 1.82) is 0 Å². The Morgan fingerprint density at radius 2 is 1.86 bits per heavy atom. The molecule has 5 nitrogen and oxygen atoms in total. The van der Waals surface area contributed by atoms with Crippen molar-refractivity contribution >= 4 is 6.03 Å². The number of urea groups is 1. The predicted octanol–water partition coefficient (Wildman–Crippen LogP) is 2.37. The molecule has 2 rings (SSSR count). The number of hydrogen-bond donors (Lipinski definition) is 2. The molecule has 1 fully saturated rings. The highest BCUT2D eigenvalue weighted by atomic mass is 16.5. The molecule has 1 saturated heterocycles. The Bertz CT molecular complexity index is 442. The standard InChI is InChI=1S/C17H27N3O2/c1-22-16-8-6-15(7-9-16)14-19-17(21)18-10-2-3-11-20-12-4-5-13-20/h6-9H,2-5,10-14H2,1H3,(H2,18,19,21). The van der Waals surface area contributed by atoms with Gasteiger partial charge in [-0.2, -0.15) is 0 Å². The SMILES string of the molecule is COc1ccc(CNC(=O)NCCCCN2CCCC2)cc1. The van der Waals surface area contributed by atoms with Crippen molar-refractivity contribution < 1.29 is 9.53 Å². The van der Waals surface area contributed by atoms with Gasteiger partial charge in [0, 0.05) is 13.1 Å². The molecule has 0 aromatic heterocycles. The van der Waals surface area contributed by atoms with E-state index in [1.54, 1.807) is 7.11 Å². The quantitative estimate of drug-likeness (QED) is 0.725. The van der Waals surface area contributed by atoms with E-state index in [0.717, 1.165) is 37.2 Å². The summed E-state index contributed by atoms with van der Waals surface area (Å²) in [5.41, 5.74) is 1.06. The Kier molecular flexibility index (Phi) is 7.03. The first-order valence-electron chi connectivity index (χ1n) is 8.15. The third-order valence-electron chi connectivity index (χ3n) is 4.00. The lowest BCUT2D eigenvalue weighted by Crippen LogP contribution is -2.35. The van der Waals surface area contributed by atoms with E-state index in [1.165, 1.54) is 25.9 Å². The lowest BCUT2D eigenvalue weighted by Gasteiger charge is -2.14. The summed E-state index contributed by atoms with van der Waals surface area (Å²) >= 11 is 0. The van der Waals surface area contributed by atoms with Crippen LogP contribution in [0.15, 0.2) is 24.3 Å². The van der Waals surface area contributed by atoms with Crippen molar-refractivity contribution in [2.24, 2.45) is 0 Å². The Balaban J connectivity index is 1.51. The Labute approximate surface area is 133 Å². The average molecular weight is 305 g/mol. The number of methoxy groups -OCH3 is 1. The van der Waals surface area contributed by atoms with Crippen LogP contribution in [0.1, 0.15) is 31.2 Å². The summed E-state index contributed by atoms with van der Waals surface area (Å²) in [6.07, 6.45) is 4.86. The van der Waals surface area contributed by atoms with Crippen LogP contribution in [0.2, 0.25) is 0 Å². The summed E-state index contributed by atoms with van der Waals surface area (Å²) in [5.74, 6) is 0.825. The van der Waals surface area contributed by atoms with E-state index in [0.29, 0.717) is 6.54 Å². The molecule has 2 amide bonds. The fraction of sp³-hybridized carbons (Fsp3) is 0.588. The minimum Gasteiger partial charge on any atom is -0.497 e. The number of carbonyl (C=O) groups is 1. The van der Waals surface area contributed by atoms with Gasteiger partial charge in [-0.3, -0.25) is 0 Å². The molecule has 0 unspecified atom stereocenters. The molecule has 1 aromatic carbocycles. The summed E-state index contributed by atoms with van der Waals surface area (Å²) in [4.78, 5) is 14.2. The highest BCUT2D eigenvalue weighted by Crippen LogP contribution is 2.11. The van der Waals surface area contributed by atoms with Crippen LogP contribution in [0, 0.1) is 0 Å². The fourth-order valence-electron chi connectivity index (χ4n) is 2.66. The molecule has 1 heterocycles. The lowest BCUT2D eigenvalue weighted by molar-refractivity contribution is 0.240. The minimum atomic E-state index is -0.100. The Morgan fingerprint density at radius 3 is 2.55 bits per heavy atom. The average Bonchev–Trinajstić information content (AvgIpc) is 3.06. The second kappa shape index (κ2) is 9.30. The summed E-state index contributed by atoms with van der Waals surface area (Å²) in [7, 11) is 1.64. The van der Waals surface area contributed by atoms with Crippen molar-refractivity contribution in [3.8, 4) is 5.75 Å². The van der Waals surface area contributed by atoms with Crippen LogP contribution >= 0.6 is 0 Å². The van der Waals surface area contributed by atoms with E-state index in [9.17, 15) is 4.79 Å². The summed E-state index contributed by atoms with van der Waals surface area (Å²) in [5, 5.41) is 5.77. The number of likely N-dealkylation sites (tertiary alicyclic amines) is 1. The molecule has 0 spiro atoms. The van der Waals surface area contributed by atoms with Gasteiger partial charge in [-0.15, -0.1) is 0 Å². The highest BCUT2D eigenvalue weighted by Gasteiger charge is 2.10. The maximum atomic E-state index is 11.7. The topological polar surface area (TPSA) is 53.6 Å². The zero-order valence-corrected chi connectivity index (χ0v) is 13.4. The van der Waals surface area contributed by atoms with E-state index in [1.807, 2.05) is 24.3 Å². The number of nitrogens with one attached hydrogen (secondary N) is 2. The Morgan fingerprint density at radius 1 is 1.14 bits per heavy atom. The first-order valence-corrected chi connectivity index (χ1v) is 8.15. The zero-order chi connectivity index (χ0) is 15.6. The maximum absolute atomic E-state index is 11.7. The number of unbranched alkanes of at least 4 members (excludes halogenated alkanes) is 1. The number of nitrogens with zero attached hydrogens (tertiary/aromatic N) is 1. The van der Waals surface area contributed by atoms with Crippen LogP contribution in [0.5, 0.6) is 5.75 Å². The molecule has 2 N–H and O–H groups in total. The van der Waals surface area contributed by atoms with Crippen LogP contribution in [-0.2, 0) is 6.54 Å². The van der Waals surface area contributed by atoms with Gasteiger partial charge >= 0.3 is 6.03 Å². The molecule has 22 heavy (non-hydrogen) atoms. The van der Waals surface area contributed by atoms with Gasteiger partial charge in [-0.25, -0.2) is 4.79 Å². The number of amides is 2. The van der Waals surface area contributed by atoms with Gasteiger partial charge in [0.25, 0.3) is 0 Å². The van der Waals surface area contributed by atoms with Gasteiger partial charge < -0.3 is 20.3 Å². The van der Waals surface area contributed by atoms with Crippen molar-refractivity contribution in [3.63, 3.8) is 0 Å². The monoisotopic (exact) mass is 305 g/mol. The molecule has 0 radical (unpaired) electrons. The van der Waals surface area contributed by atoms with Gasteiger partial charge in [0.2, 0.25) is 0 Å². The first kappa shape index (κ1) is 16.6. The molecule has 0 bridgehead atoms. The molecular weight excluding hydrogens is 278 g/mol. The van der Waals surface area contributed by atoms with Crippen LogP contribution < -0.4 is 15.4 Å². The van der Waals surface area contributed by atoms with E-state index < -0.39 is 0 Å². The molecule has 122 valence electrons. The molecule has 0 saturated carbocycles. The van der Waals surface area contributed by atoms with Crippen LogP contribution in [0.25, 0.3) is 0 Å². The number of benzene rings is 1. The highest BCUT2D eigenvalue weighted by molar-refractivity contribution is 5.73. The van der Waals surface area contributed by atoms with Gasteiger partial charge in [-0.1, -0.05) is 12.1 Å². The molecule has 1 aliphatic rings. The minimum absolute atomic E-state index is 0.100. The summed E-state index contributed by atoms with van der Waals surface area (Å²) in [6, 6.07) is 7.60. The lowest BCUT2D eigenvalue weighted by atomic mass is 10.2. The third kappa shape index (κ3) is 5.93. The molecular formula is C17H27N3O2. The van der Waals surface area contributed by atoms with E-state index in [4.69, 9.17) is 4.74 Å². The largest absolute Gasteiger partial charge is 0.497 e. The number of carbonyl (C=O) groups excluding carboxylic acids is 1. The fourth-order valence-corrected chi connectivity index (χ4v) is 2.66. The van der Waals surface area contributed by atoms with Gasteiger partial charge in [-0.05, 0) is 63.0 Å². The van der Waals surface area contributed by atoms with E-state index in [2.05, 4.69) is 15.5 Å². The van der Waals surface area contributed by atoms with Crippen LogP contribution in [-0.4, -0.2) is 44.2 Å². The van der Waals surface area contributed by atoms with Crippen LogP contribution in [0.4, 0.5) is 4.79 Å². The normalized spacial score (nSPS) is 14.8. The van der Waals surface area contributed by atoms with Crippen molar-refractivity contribution in [2.45, 2.75) is 32.2 Å². The van der Waals surface area contributed by atoms with E-state index in [-0.39, 0.29) is 6.03 Å². The first-order chi connectivity index (χ1) is 10.8. The molecule has 1 aliphatic heterocycles. The number of hydrogen-bond acceptors (Lipinski definition) is 3. The van der Waals surface area contributed by atoms with Gasteiger partial charge in [0.1, 0.15) is 5.75 Å². The Hall–Kier alpha value is -1.75. The second-order valence-corrected chi connectivity index (χ2v) is 5.71. The van der Waals surface area contributed by atoms with Gasteiger partial charge in [0.05, 0.1) is 7.11 Å². The molecule has 0 atom stereocenters.